The summed E-state index contributed by atoms with van der Waals surface area (Å²) < 4.78 is 13.5. The second kappa shape index (κ2) is 6.40. The lowest BCUT2D eigenvalue weighted by Gasteiger charge is -2.17. The number of carbonyl (C=O) groups excluding carboxylic acids is 1. The van der Waals surface area contributed by atoms with Gasteiger partial charge in [0.25, 0.3) is 0 Å². The molecule has 0 aliphatic carbocycles. The number of pyridine rings is 1. The van der Waals surface area contributed by atoms with Crippen LogP contribution in [0.25, 0.3) is 22.4 Å². The number of nitrogens with one attached hydrogen (secondary N) is 1. The van der Waals surface area contributed by atoms with Crippen molar-refractivity contribution in [1.29, 1.82) is 0 Å². The smallest absolute Gasteiger partial charge is 0.171 e. The number of aromatic nitrogens is 4. The molecule has 4 heterocycles. The number of H-pyrrole nitrogens is 1. The van der Waals surface area contributed by atoms with Gasteiger partial charge in [-0.15, -0.1) is 0 Å². The SMILES string of the molecule is CC(C)(C)C(=O)c1c[nH]c2ncc(-c3ccnc(N4CC[C@@H](F)C4)c3)nc12. The van der Waals surface area contributed by atoms with Gasteiger partial charge in [0.15, 0.2) is 11.4 Å². The van der Waals surface area contributed by atoms with Gasteiger partial charge in [0.05, 0.1) is 24.0 Å². The van der Waals surface area contributed by atoms with Crippen LogP contribution in [0.2, 0.25) is 0 Å². The predicted octanol–water partition coefficient (Wildman–Crippen LogP) is 3.80. The van der Waals surface area contributed by atoms with E-state index < -0.39 is 11.6 Å². The largest absolute Gasteiger partial charge is 0.354 e. The number of anilines is 1. The number of carbonyl (C=O) groups is 1. The third kappa shape index (κ3) is 3.29. The van der Waals surface area contributed by atoms with Crippen LogP contribution in [0.5, 0.6) is 0 Å². The molecule has 3 aromatic rings. The van der Waals surface area contributed by atoms with Gasteiger partial charge in [-0.05, 0) is 18.6 Å². The van der Waals surface area contributed by atoms with Gasteiger partial charge in [0.2, 0.25) is 0 Å². The summed E-state index contributed by atoms with van der Waals surface area (Å²) in [5.74, 6) is 0.747. The van der Waals surface area contributed by atoms with Crippen LogP contribution < -0.4 is 4.90 Å². The van der Waals surface area contributed by atoms with Gasteiger partial charge in [0.1, 0.15) is 17.5 Å². The maximum absolute atomic E-state index is 13.5. The lowest BCUT2D eigenvalue weighted by molar-refractivity contribution is 0.0860. The lowest BCUT2D eigenvalue weighted by atomic mass is 9.87. The summed E-state index contributed by atoms with van der Waals surface area (Å²) in [7, 11) is 0. The first kappa shape index (κ1) is 17.6. The summed E-state index contributed by atoms with van der Waals surface area (Å²) in [4.78, 5) is 31.1. The molecular formula is C20H22FN5O. The fourth-order valence-electron chi connectivity index (χ4n) is 3.28. The molecule has 7 heteroatoms. The molecule has 1 atom stereocenters. The number of nitrogens with zero attached hydrogens (tertiary/aromatic N) is 4. The molecule has 1 aliphatic heterocycles. The van der Waals surface area contributed by atoms with Crippen LogP contribution in [0, 0.1) is 5.41 Å². The van der Waals surface area contributed by atoms with Crippen LogP contribution in [0.4, 0.5) is 10.2 Å². The number of alkyl halides is 1. The standard InChI is InChI=1S/C20H22FN5O/c1-20(2,3)18(27)14-9-23-19-17(14)25-15(10-24-19)12-4-6-22-16(8-12)26-7-5-13(21)11-26/h4,6,8-10,13H,5,7,11H2,1-3H3,(H,23,24)/t13-/m1/s1. The van der Waals surface area contributed by atoms with Crippen LogP contribution in [0.3, 0.4) is 0 Å². The number of ketones is 1. The van der Waals surface area contributed by atoms with Gasteiger partial charge in [-0.25, -0.2) is 19.3 Å². The Balaban J connectivity index is 1.73. The van der Waals surface area contributed by atoms with Crippen molar-refractivity contribution in [2.24, 2.45) is 5.41 Å². The van der Waals surface area contributed by atoms with Gasteiger partial charge in [-0.2, -0.15) is 0 Å². The zero-order valence-corrected chi connectivity index (χ0v) is 15.7. The maximum Gasteiger partial charge on any atom is 0.171 e. The van der Waals surface area contributed by atoms with E-state index in [1.54, 1.807) is 18.6 Å². The third-order valence-corrected chi connectivity index (χ3v) is 4.80. The molecule has 3 aromatic heterocycles. The Morgan fingerprint density at radius 2 is 2.15 bits per heavy atom. The van der Waals surface area contributed by atoms with E-state index in [0.29, 0.717) is 41.9 Å². The van der Waals surface area contributed by atoms with E-state index in [9.17, 15) is 9.18 Å². The second-order valence-corrected chi connectivity index (χ2v) is 7.97. The second-order valence-electron chi connectivity index (χ2n) is 7.97. The minimum atomic E-state index is -0.808. The predicted molar refractivity (Wildman–Crippen MR) is 103 cm³/mol. The van der Waals surface area contributed by atoms with Crippen molar-refractivity contribution in [1.82, 2.24) is 19.9 Å². The first-order valence-corrected chi connectivity index (χ1v) is 9.07. The van der Waals surface area contributed by atoms with Crippen molar-refractivity contribution in [2.45, 2.75) is 33.4 Å². The molecule has 140 valence electrons. The van der Waals surface area contributed by atoms with E-state index in [1.165, 1.54) is 0 Å². The Labute approximate surface area is 156 Å². The maximum atomic E-state index is 13.5. The number of halogens is 1. The van der Waals surface area contributed by atoms with Gasteiger partial charge in [-0.1, -0.05) is 20.8 Å². The van der Waals surface area contributed by atoms with Gasteiger partial charge in [0, 0.05) is 29.9 Å². The van der Waals surface area contributed by atoms with Crippen molar-refractivity contribution in [3.8, 4) is 11.3 Å². The highest BCUT2D eigenvalue weighted by Gasteiger charge is 2.27. The Bertz CT molecular complexity index is 1010. The molecule has 1 saturated heterocycles. The van der Waals surface area contributed by atoms with E-state index in [4.69, 9.17) is 0 Å². The monoisotopic (exact) mass is 367 g/mol. The van der Waals surface area contributed by atoms with Gasteiger partial charge in [-0.3, -0.25) is 4.79 Å². The number of Topliss-reactive ketones (excluding diaryl/α,β-unsaturated/α-hetero) is 1. The van der Waals surface area contributed by atoms with Crippen molar-refractivity contribution < 1.29 is 9.18 Å². The molecule has 0 amide bonds. The average Bonchev–Trinajstić information content (AvgIpc) is 3.26. The van der Waals surface area contributed by atoms with E-state index >= 15 is 0 Å². The summed E-state index contributed by atoms with van der Waals surface area (Å²) in [6.07, 6.45) is 4.76. The van der Waals surface area contributed by atoms with Crippen molar-refractivity contribution in [3.05, 3.63) is 36.3 Å². The van der Waals surface area contributed by atoms with Crippen LogP contribution in [-0.2, 0) is 0 Å². The number of hydrogen-bond acceptors (Lipinski definition) is 5. The van der Waals surface area contributed by atoms with E-state index in [0.717, 1.165) is 11.4 Å². The molecule has 6 nitrogen and oxygen atoms in total. The Morgan fingerprint density at radius 1 is 1.33 bits per heavy atom. The molecule has 0 saturated carbocycles. The Kier molecular flexibility index (Phi) is 4.17. The fourth-order valence-corrected chi connectivity index (χ4v) is 3.28. The highest BCUT2D eigenvalue weighted by atomic mass is 19.1. The Morgan fingerprint density at radius 3 is 2.85 bits per heavy atom. The zero-order chi connectivity index (χ0) is 19.2. The quantitative estimate of drug-likeness (QED) is 0.713. The van der Waals surface area contributed by atoms with Gasteiger partial charge >= 0.3 is 0 Å². The van der Waals surface area contributed by atoms with Crippen LogP contribution in [0.15, 0.2) is 30.7 Å². The van der Waals surface area contributed by atoms with Crippen LogP contribution in [-0.4, -0.2) is 45.0 Å². The Hall–Kier alpha value is -2.83. The van der Waals surface area contributed by atoms with E-state index in [-0.39, 0.29) is 5.78 Å². The molecule has 4 rings (SSSR count). The molecule has 0 radical (unpaired) electrons. The number of rotatable bonds is 3. The molecule has 0 bridgehead atoms. The van der Waals surface area contributed by atoms with Crippen molar-refractivity contribution >= 4 is 22.8 Å². The zero-order valence-electron chi connectivity index (χ0n) is 15.7. The first-order valence-electron chi connectivity index (χ1n) is 9.07. The lowest BCUT2D eigenvalue weighted by Crippen LogP contribution is -2.21. The normalized spacial score (nSPS) is 17.6. The summed E-state index contributed by atoms with van der Waals surface area (Å²) in [6, 6.07) is 3.74. The molecule has 0 unspecified atom stereocenters. The summed E-state index contributed by atoms with van der Waals surface area (Å²) in [5, 5.41) is 0. The number of fused-ring (bicyclic) bond motifs is 1. The highest BCUT2D eigenvalue weighted by molar-refractivity contribution is 6.08. The summed E-state index contributed by atoms with van der Waals surface area (Å²) in [5.41, 5.74) is 2.68. The minimum Gasteiger partial charge on any atom is -0.354 e. The molecule has 1 N–H and O–H groups in total. The molecule has 1 fully saturated rings. The molecule has 0 aromatic carbocycles. The first-order chi connectivity index (χ1) is 12.8. The highest BCUT2D eigenvalue weighted by Crippen LogP contribution is 2.28. The van der Waals surface area contributed by atoms with Crippen LogP contribution in [0.1, 0.15) is 37.6 Å². The van der Waals surface area contributed by atoms with Crippen LogP contribution >= 0.6 is 0 Å². The molecule has 0 spiro atoms. The molecule has 27 heavy (non-hydrogen) atoms. The summed E-state index contributed by atoms with van der Waals surface area (Å²) >= 11 is 0. The number of aromatic amines is 1. The van der Waals surface area contributed by atoms with E-state index in [1.807, 2.05) is 37.8 Å². The van der Waals surface area contributed by atoms with Crippen molar-refractivity contribution in [3.63, 3.8) is 0 Å². The van der Waals surface area contributed by atoms with Crippen molar-refractivity contribution in [2.75, 3.05) is 18.0 Å². The van der Waals surface area contributed by atoms with E-state index in [2.05, 4.69) is 19.9 Å². The topological polar surface area (TPSA) is 74.8 Å². The minimum absolute atomic E-state index is 0.0154. The molecular weight excluding hydrogens is 345 g/mol. The average molecular weight is 367 g/mol. The summed E-state index contributed by atoms with van der Waals surface area (Å²) in [6.45, 7) is 6.67. The fraction of sp³-hybridized carbons (Fsp3) is 0.400. The van der Waals surface area contributed by atoms with Gasteiger partial charge < -0.3 is 9.88 Å². The number of hydrogen-bond donors (Lipinski definition) is 1. The third-order valence-electron chi connectivity index (χ3n) is 4.80. The molecule has 1 aliphatic rings.